The number of nitrogens with one attached hydrogen (secondary N) is 1. The van der Waals surface area contributed by atoms with Gasteiger partial charge in [-0.2, -0.15) is 0 Å². The van der Waals surface area contributed by atoms with Crippen molar-refractivity contribution < 1.29 is 32.6 Å². The van der Waals surface area contributed by atoms with E-state index in [-0.39, 0.29) is 31.2 Å². The van der Waals surface area contributed by atoms with Crippen LogP contribution in [0.2, 0.25) is 0 Å². The summed E-state index contributed by atoms with van der Waals surface area (Å²) in [4.78, 5) is 15.4. The van der Waals surface area contributed by atoms with Crippen molar-refractivity contribution in [2.24, 2.45) is 4.99 Å². The summed E-state index contributed by atoms with van der Waals surface area (Å²) in [5.74, 6) is -0.776. The molecule has 2 N–H and O–H groups in total. The molecule has 2 aromatic rings. The lowest BCUT2D eigenvalue weighted by Gasteiger charge is -2.13. The summed E-state index contributed by atoms with van der Waals surface area (Å²) < 4.78 is 47.0. The highest BCUT2D eigenvalue weighted by Crippen LogP contribution is 2.33. The summed E-state index contributed by atoms with van der Waals surface area (Å²) in [6, 6.07) is 11.4. The molecule has 0 radical (unpaired) electrons. The molecule has 1 aliphatic rings. The zero-order chi connectivity index (χ0) is 18.7. The minimum atomic E-state index is -4.79. The average molecular weight is 382 g/mol. The van der Waals surface area contributed by atoms with Crippen LogP contribution in [-0.4, -0.2) is 36.0 Å². The maximum atomic E-state index is 12.5. The number of hydrogen-bond acceptors (Lipinski definition) is 5. The van der Waals surface area contributed by atoms with Crippen molar-refractivity contribution in [3.63, 3.8) is 0 Å². The Morgan fingerprint density at radius 2 is 1.78 bits per heavy atom. The third-order valence-corrected chi connectivity index (χ3v) is 3.62. The van der Waals surface area contributed by atoms with Gasteiger partial charge in [0, 0.05) is 11.1 Å². The number of hydrogen-bond donors (Lipinski definition) is 2. The van der Waals surface area contributed by atoms with Crippen molar-refractivity contribution in [1.82, 2.24) is 5.48 Å². The van der Waals surface area contributed by atoms with Crippen LogP contribution in [0.4, 0.5) is 13.2 Å². The van der Waals surface area contributed by atoms with Gasteiger partial charge >= 0.3 is 6.36 Å². The van der Waals surface area contributed by atoms with E-state index in [1.54, 1.807) is 30.3 Å². The fourth-order valence-electron chi connectivity index (χ4n) is 2.45. The minimum Gasteiger partial charge on any atom is -0.475 e. The van der Waals surface area contributed by atoms with Gasteiger partial charge in [-0.3, -0.25) is 10.0 Å². The molecule has 1 aliphatic heterocycles. The number of benzene rings is 2. The number of ether oxygens (including phenoxy) is 2. The molecule has 0 unspecified atom stereocenters. The molecular weight excluding hydrogens is 365 g/mol. The van der Waals surface area contributed by atoms with Crippen molar-refractivity contribution in [1.29, 1.82) is 0 Å². The second kappa shape index (κ2) is 8.09. The maximum absolute atomic E-state index is 12.5. The number of aliphatic imine (C=N–C) groups is 1. The largest absolute Gasteiger partial charge is 0.573 e. The molecule has 27 heavy (non-hydrogen) atoms. The Kier molecular flexibility index (Phi) is 6.06. The topological polar surface area (TPSA) is 80.2 Å². The summed E-state index contributed by atoms with van der Waals surface area (Å²) in [5, 5.41) is 8.60. The average Bonchev–Trinajstić information content (AvgIpc) is 3.10. The van der Waals surface area contributed by atoms with Crippen LogP contribution in [0.3, 0.4) is 0 Å². The van der Waals surface area contributed by atoms with Gasteiger partial charge in [-0.05, 0) is 23.8 Å². The quantitative estimate of drug-likeness (QED) is 0.626. The van der Waals surface area contributed by atoms with Crippen LogP contribution in [0.1, 0.15) is 13.0 Å². The molecule has 1 amide bonds. The van der Waals surface area contributed by atoms with Crippen LogP contribution >= 0.6 is 0 Å². The van der Waals surface area contributed by atoms with E-state index in [9.17, 15) is 18.0 Å². The molecule has 1 heterocycles. The Morgan fingerprint density at radius 1 is 1.15 bits per heavy atom. The molecule has 0 bridgehead atoms. The number of halogens is 3. The molecule has 0 aromatic heterocycles. The normalized spacial score (nSPS) is 16.0. The van der Waals surface area contributed by atoms with E-state index in [1.165, 1.54) is 23.7 Å². The Labute approximate surface area is 153 Å². The highest BCUT2D eigenvalue weighted by atomic mass is 19.4. The van der Waals surface area contributed by atoms with E-state index in [2.05, 4.69) is 9.73 Å². The van der Waals surface area contributed by atoms with Gasteiger partial charge in [0.25, 0.3) is 5.91 Å². The lowest BCUT2D eigenvalue weighted by atomic mass is 10.0. The predicted molar refractivity (Wildman–Crippen MR) is 91.5 cm³/mol. The number of nitrogens with zero attached hydrogens (tertiary/aromatic N) is 1. The SMILES string of the molecule is C.O=C(NO)[C@H]1COC(c2ccc(-c3ccccc3OC(F)(F)F)cc2)=N1. The Hall–Kier alpha value is -3.07. The fourth-order valence-corrected chi connectivity index (χ4v) is 2.45. The third-order valence-electron chi connectivity index (χ3n) is 3.62. The van der Waals surface area contributed by atoms with E-state index in [0.717, 1.165) is 0 Å². The van der Waals surface area contributed by atoms with Crippen molar-refractivity contribution in [2.45, 2.75) is 19.8 Å². The molecule has 144 valence electrons. The monoisotopic (exact) mass is 382 g/mol. The van der Waals surface area contributed by atoms with E-state index in [0.29, 0.717) is 11.1 Å². The summed E-state index contributed by atoms with van der Waals surface area (Å²) in [6.45, 7) is -0.00820. The Balaban J connectivity index is 0.00000261. The molecule has 0 saturated carbocycles. The first-order valence-corrected chi connectivity index (χ1v) is 7.47. The molecule has 0 aliphatic carbocycles. The molecule has 0 spiro atoms. The summed E-state index contributed by atoms with van der Waals surface area (Å²) in [5.41, 5.74) is 2.85. The lowest BCUT2D eigenvalue weighted by Crippen LogP contribution is -2.31. The van der Waals surface area contributed by atoms with Crippen molar-refractivity contribution in [3.05, 3.63) is 54.1 Å². The van der Waals surface area contributed by atoms with Gasteiger partial charge in [-0.25, -0.2) is 10.5 Å². The Morgan fingerprint density at radius 3 is 2.41 bits per heavy atom. The summed E-state index contributed by atoms with van der Waals surface area (Å²) in [6.07, 6.45) is -4.79. The zero-order valence-corrected chi connectivity index (χ0v) is 13.2. The molecule has 2 aromatic carbocycles. The second-order valence-electron chi connectivity index (χ2n) is 5.36. The second-order valence-corrected chi connectivity index (χ2v) is 5.36. The molecule has 9 heteroatoms. The van der Waals surface area contributed by atoms with Crippen LogP contribution in [0, 0.1) is 0 Å². The molecule has 6 nitrogen and oxygen atoms in total. The van der Waals surface area contributed by atoms with Gasteiger partial charge < -0.3 is 9.47 Å². The minimum absolute atomic E-state index is 0. The van der Waals surface area contributed by atoms with Crippen molar-refractivity contribution >= 4 is 11.8 Å². The highest BCUT2D eigenvalue weighted by molar-refractivity contribution is 5.98. The number of hydroxylamine groups is 1. The molecule has 1 atom stereocenters. The molecule has 3 rings (SSSR count). The fraction of sp³-hybridized carbons (Fsp3) is 0.222. The Bertz CT molecular complexity index is 835. The van der Waals surface area contributed by atoms with Crippen LogP contribution in [0.25, 0.3) is 11.1 Å². The summed E-state index contributed by atoms with van der Waals surface area (Å²) in [7, 11) is 0. The molecule has 0 saturated heterocycles. The van der Waals surface area contributed by atoms with Gasteiger partial charge in [0.2, 0.25) is 5.90 Å². The number of carbonyl (C=O) groups is 1. The van der Waals surface area contributed by atoms with Crippen LogP contribution in [0.15, 0.2) is 53.5 Å². The van der Waals surface area contributed by atoms with Crippen LogP contribution in [-0.2, 0) is 9.53 Å². The summed E-state index contributed by atoms with van der Waals surface area (Å²) >= 11 is 0. The first kappa shape index (κ1) is 20.2. The number of carbonyl (C=O) groups excluding carboxylic acids is 1. The van der Waals surface area contributed by atoms with Gasteiger partial charge in [0.05, 0.1) is 0 Å². The lowest BCUT2D eigenvalue weighted by molar-refractivity contribution is -0.274. The van der Waals surface area contributed by atoms with Crippen LogP contribution < -0.4 is 10.2 Å². The van der Waals surface area contributed by atoms with E-state index >= 15 is 0 Å². The first-order valence-electron chi connectivity index (χ1n) is 7.47. The number of para-hydroxylation sites is 1. The van der Waals surface area contributed by atoms with Crippen molar-refractivity contribution in [3.8, 4) is 16.9 Å². The smallest absolute Gasteiger partial charge is 0.475 e. The number of rotatable bonds is 4. The predicted octanol–water partition coefficient (Wildman–Crippen LogP) is 3.54. The van der Waals surface area contributed by atoms with E-state index in [1.807, 2.05) is 0 Å². The maximum Gasteiger partial charge on any atom is 0.573 e. The molecule has 0 fully saturated rings. The van der Waals surface area contributed by atoms with Gasteiger partial charge in [0.15, 0.2) is 6.04 Å². The molecular formula is C18H17F3N2O4. The standard InChI is InChI=1S/C17H13F3N2O4.CH4/c18-17(19,20)26-14-4-2-1-3-12(14)10-5-7-11(8-6-10)16-21-13(9-25-16)15(23)22-24;/h1-8,13,24H,9H2,(H,22,23);1H4/t13-;/m1./s1. The van der Waals surface area contributed by atoms with E-state index < -0.39 is 18.3 Å². The van der Waals surface area contributed by atoms with E-state index in [4.69, 9.17) is 9.94 Å². The van der Waals surface area contributed by atoms with Crippen molar-refractivity contribution in [2.75, 3.05) is 6.61 Å². The number of amides is 1. The highest BCUT2D eigenvalue weighted by Gasteiger charge is 2.32. The van der Waals surface area contributed by atoms with Gasteiger partial charge in [-0.1, -0.05) is 37.8 Å². The van der Waals surface area contributed by atoms with Crippen LogP contribution in [0.5, 0.6) is 5.75 Å². The number of alkyl halides is 3. The third kappa shape index (κ3) is 4.76. The zero-order valence-electron chi connectivity index (χ0n) is 13.2. The van der Waals surface area contributed by atoms with Gasteiger partial charge in [0.1, 0.15) is 12.4 Å². The van der Waals surface area contributed by atoms with Gasteiger partial charge in [-0.15, -0.1) is 13.2 Å². The first-order chi connectivity index (χ1) is 12.4.